The fourth-order valence-electron chi connectivity index (χ4n) is 0. The van der Waals surface area contributed by atoms with Gasteiger partial charge in [0.25, 0.3) is 0 Å². The van der Waals surface area contributed by atoms with Gasteiger partial charge in [0.15, 0.2) is 9.04 Å². The fourth-order valence-corrected chi connectivity index (χ4v) is 0. The lowest BCUT2D eigenvalue weighted by Crippen LogP contribution is -2.02. The third-order valence-corrected chi connectivity index (χ3v) is 4.24. The molecule has 0 bridgehead atoms. The molecule has 4 heteroatoms. The summed E-state index contributed by atoms with van der Waals surface area (Å²) in [6.45, 7) is 4.35. The molecule has 0 saturated heterocycles. The molecule has 0 aromatic carbocycles. The third-order valence-electron chi connectivity index (χ3n) is 0.471. The molecule has 0 aliphatic carbocycles. The van der Waals surface area contributed by atoms with E-state index in [0.29, 0.717) is 0 Å². The molecular weight excluding hydrogens is 107 g/mol. The van der Waals surface area contributed by atoms with Crippen LogP contribution in [-0.4, -0.2) is 27.9 Å². The van der Waals surface area contributed by atoms with Gasteiger partial charge in [-0.1, -0.05) is 0 Å². The van der Waals surface area contributed by atoms with Gasteiger partial charge in [0.2, 0.25) is 0 Å². The Kier molecular flexibility index (Phi) is 8.81. The van der Waals surface area contributed by atoms with Crippen molar-refractivity contribution in [2.24, 2.45) is 0 Å². The normalized spacial score (nSPS) is 8.50. The van der Waals surface area contributed by atoms with E-state index in [9.17, 15) is 0 Å². The minimum absolute atomic E-state index is 0. The standard InChI is InChI=1S/C2H10OSi2.BH3/c1-5(2)3-4;/h5H,1-2,4H3;1H3. The zero-order valence-corrected chi connectivity index (χ0v) is 7.14. The summed E-state index contributed by atoms with van der Waals surface area (Å²) in [5, 5.41) is 0. The molecule has 0 saturated carbocycles. The van der Waals surface area contributed by atoms with E-state index < -0.39 is 9.04 Å². The maximum atomic E-state index is 5.03. The number of hydrogen-bond acceptors (Lipinski definition) is 1. The van der Waals surface area contributed by atoms with Gasteiger partial charge >= 0.3 is 0 Å². The quantitative estimate of drug-likeness (QED) is 0.367. The summed E-state index contributed by atoms with van der Waals surface area (Å²) in [5.41, 5.74) is 0. The smallest absolute Gasteiger partial charge is 0.156 e. The topological polar surface area (TPSA) is 9.23 Å². The zero-order chi connectivity index (χ0) is 4.28. The average molecular weight is 120 g/mol. The molecule has 0 rings (SSSR count). The van der Waals surface area contributed by atoms with Crippen LogP contribution in [0.5, 0.6) is 0 Å². The third kappa shape index (κ3) is 8.82. The molecule has 0 N–H and O–H groups in total. The Hall–Kier alpha value is 0.459. The summed E-state index contributed by atoms with van der Waals surface area (Å²) in [6.07, 6.45) is 0. The predicted octanol–water partition coefficient (Wildman–Crippen LogP) is -1.92. The summed E-state index contributed by atoms with van der Waals surface area (Å²) in [6, 6.07) is 0. The van der Waals surface area contributed by atoms with Crippen LogP contribution in [0.1, 0.15) is 0 Å². The van der Waals surface area contributed by atoms with Crippen molar-refractivity contribution < 1.29 is 4.12 Å². The Bertz CT molecular complexity index is 25.5. The van der Waals surface area contributed by atoms with E-state index in [1.165, 1.54) is 0 Å². The first-order valence-electron chi connectivity index (χ1n) is 1.80. The SMILES string of the molecule is B.C[SiH](C)O[SiH3]. The molecule has 0 atom stereocenters. The highest BCUT2D eigenvalue weighted by molar-refractivity contribution is 6.52. The fraction of sp³-hybridized carbons (Fsp3) is 1.00. The Morgan fingerprint density at radius 1 is 1.50 bits per heavy atom. The summed E-state index contributed by atoms with van der Waals surface area (Å²) >= 11 is 0. The second-order valence-corrected chi connectivity index (χ2v) is 5.27. The maximum absolute atomic E-state index is 5.03. The molecular formula is C2H13BOSi2. The van der Waals surface area contributed by atoms with Crippen molar-refractivity contribution in [2.75, 3.05) is 0 Å². The summed E-state index contributed by atoms with van der Waals surface area (Å²) in [7, 11) is 0.347. The largest absolute Gasteiger partial charge is 0.466 e. The molecule has 0 aromatic rings. The van der Waals surface area contributed by atoms with Gasteiger partial charge < -0.3 is 4.12 Å². The molecule has 0 fully saturated rings. The van der Waals surface area contributed by atoms with Gasteiger partial charge in [0, 0.05) is 0 Å². The highest BCUT2D eigenvalue weighted by Gasteiger charge is 1.82. The van der Waals surface area contributed by atoms with Crippen molar-refractivity contribution in [2.45, 2.75) is 13.1 Å². The van der Waals surface area contributed by atoms with E-state index in [4.69, 9.17) is 4.12 Å². The molecule has 6 heavy (non-hydrogen) atoms. The number of rotatable bonds is 1. The van der Waals surface area contributed by atoms with E-state index in [1.807, 2.05) is 0 Å². The highest BCUT2D eigenvalue weighted by atomic mass is 28.3. The lowest BCUT2D eigenvalue weighted by molar-refractivity contribution is 0.647. The molecule has 0 aliphatic heterocycles. The first-order chi connectivity index (χ1) is 2.27. The van der Waals surface area contributed by atoms with Crippen molar-refractivity contribution >= 4 is 27.9 Å². The highest BCUT2D eigenvalue weighted by Crippen LogP contribution is 1.72. The van der Waals surface area contributed by atoms with Gasteiger partial charge in [-0.05, 0) is 13.1 Å². The lowest BCUT2D eigenvalue weighted by atomic mass is 10.8. The molecule has 0 aromatic heterocycles. The van der Waals surface area contributed by atoms with Crippen molar-refractivity contribution in [3.63, 3.8) is 0 Å². The van der Waals surface area contributed by atoms with Crippen LogP contribution >= 0.6 is 0 Å². The van der Waals surface area contributed by atoms with Crippen LogP contribution in [0.3, 0.4) is 0 Å². The van der Waals surface area contributed by atoms with E-state index >= 15 is 0 Å². The first-order valence-corrected chi connectivity index (χ1v) is 5.40. The zero-order valence-electron chi connectivity index (χ0n) is 3.99. The van der Waals surface area contributed by atoms with Gasteiger partial charge in [-0.15, -0.1) is 0 Å². The van der Waals surface area contributed by atoms with E-state index in [0.717, 1.165) is 10.5 Å². The van der Waals surface area contributed by atoms with Crippen molar-refractivity contribution in [3.8, 4) is 0 Å². The summed E-state index contributed by atoms with van der Waals surface area (Å²) in [4.78, 5) is 0. The summed E-state index contributed by atoms with van der Waals surface area (Å²) in [5.74, 6) is 0. The van der Waals surface area contributed by atoms with Gasteiger partial charge in [-0.25, -0.2) is 0 Å². The Labute approximate surface area is 45.9 Å². The molecule has 0 aliphatic rings. The van der Waals surface area contributed by atoms with Crippen LogP contribution in [0.25, 0.3) is 0 Å². The van der Waals surface area contributed by atoms with Crippen molar-refractivity contribution in [1.82, 2.24) is 0 Å². The van der Waals surface area contributed by atoms with E-state index in [-0.39, 0.29) is 8.41 Å². The first kappa shape index (κ1) is 9.68. The Morgan fingerprint density at radius 2 is 1.67 bits per heavy atom. The van der Waals surface area contributed by atoms with Crippen LogP contribution in [0.2, 0.25) is 13.1 Å². The monoisotopic (exact) mass is 120 g/mol. The van der Waals surface area contributed by atoms with Crippen LogP contribution in [0.15, 0.2) is 0 Å². The maximum Gasteiger partial charge on any atom is 0.156 e. The van der Waals surface area contributed by atoms with Crippen LogP contribution in [0, 0.1) is 0 Å². The second kappa shape index (κ2) is 5.46. The molecule has 0 heterocycles. The molecule has 0 radical (unpaired) electrons. The van der Waals surface area contributed by atoms with E-state index in [2.05, 4.69) is 13.1 Å². The van der Waals surface area contributed by atoms with Gasteiger partial charge in [0.1, 0.15) is 10.5 Å². The molecule has 1 nitrogen and oxygen atoms in total. The minimum Gasteiger partial charge on any atom is -0.466 e. The Morgan fingerprint density at radius 3 is 1.67 bits per heavy atom. The molecule has 0 amide bonds. The van der Waals surface area contributed by atoms with Crippen LogP contribution < -0.4 is 0 Å². The summed E-state index contributed by atoms with van der Waals surface area (Å²) < 4.78 is 5.03. The van der Waals surface area contributed by atoms with Crippen LogP contribution in [0.4, 0.5) is 0 Å². The average Bonchev–Trinajstić information content (AvgIpc) is 1.38. The van der Waals surface area contributed by atoms with Gasteiger partial charge in [-0.3, -0.25) is 0 Å². The van der Waals surface area contributed by atoms with Crippen molar-refractivity contribution in [3.05, 3.63) is 0 Å². The minimum atomic E-state index is -0.588. The number of hydrogen-bond donors (Lipinski definition) is 0. The van der Waals surface area contributed by atoms with Crippen LogP contribution in [-0.2, 0) is 4.12 Å². The second-order valence-electron chi connectivity index (χ2n) is 1.28. The molecule has 0 unspecified atom stereocenters. The van der Waals surface area contributed by atoms with Gasteiger partial charge in [-0.2, -0.15) is 0 Å². The predicted molar refractivity (Wildman–Crippen MR) is 39.8 cm³/mol. The Balaban J connectivity index is 0. The van der Waals surface area contributed by atoms with Gasteiger partial charge in [0.05, 0.1) is 8.41 Å². The lowest BCUT2D eigenvalue weighted by Gasteiger charge is -1.93. The molecule has 38 valence electrons. The van der Waals surface area contributed by atoms with E-state index in [1.54, 1.807) is 0 Å². The van der Waals surface area contributed by atoms with Crippen molar-refractivity contribution in [1.29, 1.82) is 0 Å². The molecule has 0 spiro atoms.